The van der Waals surface area contributed by atoms with Gasteiger partial charge in [-0.1, -0.05) is 0 Å². The zero-order valence-corrected chi connectivity index (χ0v) is 11.5. The minimum absolute atomic E-state index is 0.441. The molecule has 0 radical (unpaired) electrons. The van der Waals surface area contributed by atoms with Gasteiger partial charge in [-0.15, -0.1) is 0 Å². The van der Waals surface area contributed by atoms with Gasteiger partial charge in [-0.2, -0.15) is 0 Å². The molecule has 0 saturated carbocycles. The quantitative estimate of drug-likeness (QED) is 0.533. The normalized spacial score (nSPS) is 12.6. The second kappa shape index (κ2) is 5.76. The molecule has 0 spiro atoms. The van der Waals surface area contributed by atoms with Crippen molar-refractivity contribution in [2.75, 3.05) is 20.8 Å². The Hall–Kier alpha value is -0.203. The third kappa shape index (κ3) is 6.81. The first-order valence-electron chi connectivity index (χ1n) is 4.30. The van der Waals surface area contributed by atoms with E-state index in [2.05, 4.69) is 9.05 Å². The Balaban J connectivity index is 4.06. The third-order valence-corrected chi connectivity index (χ3v) is 3.39. The Kier molecular flexibility index (Phi) is 5.69. The van der Waals surface area contributed by atoms with Gasteiger partial charge in [-0.3, -0.25) is 18.4 Å². The summed E-state index contributed by atoms with van der Waals surface area (Å²) in [6, 6.07) is 0. The van der Waals surface area contributed by atoms with Crippen LogP contribution in [-0.2, 0) is 27.4 Å². The van der Waals surface area contributed by atoms with Crippen LogP contribution < -0.4 is 0 Å². The molecule has 90 valence electrons. The summed E-state index contributed by atoms with van der Waals surface area (Å²) >= 11 is 0. The van der Waals surface area contributed by atoms with Crippen LogP contribution in [0.5, 0.6) is 0 Å². The number of rotatable bonds is 6. The van der Waals surface area contributed by atoms with E-state index in [-0.39, 0.29) is 0 Å². The molecule has 0 heterocycles. The molecular weight excluding hydrogens is 239 g/mol. The van der Waals surface area contributed by atoms with Crippen molar-refractivity contribution in [3.05, 3.63) is 0 Å². The van der Waals surface area contributed by atoms with E-state index in [1.54, 1.807) is 0 Å². The predicted molar refractivity (Wildman–Crippen MR) is 57.0 cm³/mol. The maximum atomic E-state index is 11.4. The van der Waals surface area contributed by atoms with Crippen molar-refractivity contribution in [3.63, 3.8) is 0 Å². The van der Waals surface area contributed by atoms with Crippen LogP contribution in [0.15, 0.2) is 0 Å². The van der Waals surface area contributed by atoms with Gasteiger partial charge >= 0.3 is 13.8 Å². The number of carbonyl (C=O) groups excluding carboxylic acids is 1. The molecular formula is C7H17O6PSi. The molecule has 0 amide bonds. The van der Waals surface area contributed by atoms with Gasteiger partial charge in [0, 0.05) is 14.2 Å². The lowest BCUT2D eigenvalue weighted by atomic mass is 10.8. The highest BCUT2D eigenvalue weighted by Gasteiger charge is 2.26. The van der Waals surface area contributed by atoms with Crippen LogP contribution in [0, 0.1) is 0 Å². The number of carbonyl (C=O) groups is 1. The fraction of sp³-hybridized carbons (Fsp3) is 0.857. The van der Waals surface area contributed by atoms with E-state index in [9.17, 15) is 9.36 Å². The van der Waals surface area contributed by atoms with Gasteiger partial charge in [0.1, 0.15) is 0 Å². The summed E-state index contributed by atoms with van der Waals surface area (Å²) in [4.78, 5) is 11.2. The summed E-state index contributed by atoms with van der Waals surface area (Å²) in [5.41, 5.74) is 0. The molecule has 0 aromatic heterocycles. The third-order valence-electron chi connectivity index (χ3n) is 1.21. The first-order valence-corrected chi connectivity index (χ1v) is 9.17. The Labute approximate surface area is 90.6 Å². The molecule has 8 heteroatoms. The monoisotopic (exact) mass is 256 g/mol. The minimum atomic E-state index is -3.59. The fourth-order valence-corrected chi connectivity index (χ4v) is 2.05. The molecule has 0 aromatic carbocycles. The summed E-state index contributed by atoms with van der Waals surface area (Å²) in [6.07, 6.45) is 0. The zero-order valence-electron chi connectivity index (χ0n) is 9.60. The fourth-order valence-electron chi connectivity index (χ4n) is 0.683. The Morgan fingerprint density at radius 3 is 2.00 bits per heavy atom. The van der Waals surface area contributed by atoms with Crippen molar-refractivity contribution in [2.45, 2.75) is 19.6 Å². The molecule has 0 aliphatic rings. The molecule has 0 N–H and O–H groups in total. The molecule has 0 aliphatic carbocycles. The van der Waals surface area contributed by atoms with E-state index in [1.165, 1.54) is 14.2 Å². The summed E-state index contributed by atoms with van der Waals surface area (Å²) in [5, 5.41) is 0. The maximum absolute atomic E-state index is 11.4. The van der Waals surface area contributed by atoms with E-state index in [4.69, 9.17) is 8.95 Å². The first-order chi connectivity index (χ1) is 6.72. The van der Waals surface area contributed by atoms with Crippen LogP contribution in [0.3, 0.4) is 0 Å². The lowest BCUT2D eigenvalue weighted by Crippen LogP contribution is -2.31. The van der Waals surface area contributed by atoms with Crippen LogP contribution in [0.4, 0.5) is 0 Å². The summed E-state index contributed by atoms with van der Waals surface area (Å²) in [7, 11) is -3.17. The van der Waals surface area contributed by atoms with Crippen LogP contribution in [-0.4, -0.2) is 35.1 Å². The van der Waals surface area contributed by atoms with Crippen LogP contribution >= 0.6 is 7.82 Å². The van der Waals surface area contributed by atoms with Crippen molar-refractivity contribution in [3.8, 4) is 0 Å². The highest BCUT2D eigenvalue weighted by atomic mass is 31.2. The summed E-state index contributed by atoms with van der Waals surface area (Å²) in [6.45, 7) is 5.13. The molecule has 15 heavy (non-hydrogen) atoms. The lowest BCUT2D eigenvalue weighted by molar-refractivity contribution is -0.138. The van der Waals surface area contributed by atoms with Gasteiger partial charge in [0.25, 0.3) is 0 Å². The first kappa shape index (κ1) is 14.8. The largest absolute Gasteiger partial charge is 0.518 e. The van der Waals surface area contributed by atoms with E-state index < -0.39 is 28.7 Å². The van der Waals surface area contributed by atoms with E-state index in [0.29, 0.717) is 0 Å². The number of phosphoric acid groups is 1. The van der Waals surface area contributed by atoms with Gasteiger partial charge in [0.2, 0.25) is 8.32 Å². The van der Waals surface area contributed by atoms with E-state index >= 15 is 0 Å². The predicted octanol–water partition coefficient (Wildman–Crippen LogP) is 1.78. The van der Waals surface area contributed by atoms with Crippen LogP contribution in [0.1, 0.15) is 0 Å². The molecule has 6 nitrogen and oxygen atoms in total. The average Bonchev–Trinajstić information content (AvgIpc) is 2.12. The number of hydrogen-bond donors (Lipinski definition) is 0. The van der Waals surface area contributed by atoms with Crippen LogP contribution in [0.2, 0.25) is 19.6 Å². The van der Waals surface area contributed by atoms with Crippen molar-refractivity contribution in [1.29, 1.82) is 0 Å². The molecule has 0 saturated heterocycles. The van der Waals surface area contributed by atoms with Crippen molar-refractivity contribution >= 4 is 22.1 Å². The van der Waals surface area contributed by atoms with Gasteiger partial charge in [0.15, 0.2) is 6.61 Å². The lowest BCUT2D eigenvalue weighted by Gasteiger charge is -2.18. The molecule has 0 fully saturated rings. The van der Waals surface area contributed by atoms with Gasteiger partial charge in [0.05, 0.1) is 0 Å². The van der Waals surface area contributed by atoms with Gasteiger partial charge in [-0.25, -0.2) is 4.57 Å². The summed E-state index contributed by atoms with van der Waals surface area (Å²) in [5.74, 6) is -0.566. The van der Waals surface area contributed by atoms with Crippen molar-refractivity contribution < 1.29 is 27.4 Å². The molecule has 0 atom stereocenters. The Morgan fingerprint density at radius 1 is 1.20 bits per heavy atom. The van der Waals surface area contributed by atoms with Crippen LogP contribution in [0.25, 0.3) is 0 Å². The second-order valence-electron chi connectivity index (χ2n) is 3.67. The zero-order chi connectivity index (χ0) is 12.1. The molecule has 0 rings (SSSR count). The van der Waals surface area contributed by atoms with E-state index in [1.807, 2.05) is 19.6 Å². The number of phosphoric ester groups is 1. The highest BCUT2D eigenvalue weighted by molar-refractivity contribution is 7.48. The van der Waals surface area contributed by atoms with E-state index in [0.717, 1.165) is 0 Å². The molecule has 0 aromatic rings. The Bertz CT molecular complexity index is 253. The Morgan fingerprint density at radius 2 is 1.67 bits per heavy atom. The second-order valence-corrected chi connectivity index (χ2v) is 9.98. The summed E-state index contributed by atoms with van der Waals surface area (Å²) < 4.78 is 30.1. The number of hydrogen-bond acceptors (Lipinski definition) is 6. The maximum Gasteiger partial charge on any atom is 0.474 e. The highest BCUT2D eigenvalue weighted by Crippen LogP contribution is 2.47. The van der Waals surface area contributed by atoms with Gasteiger partial charge in [-0.05, 0) is 19.6 Å². The standard InChI is InChI=1S/C7H17O6PSi/c1-10-14(9,11-2)12-6-7(8)13-15(3,4)5/h6H2,1-5H3. The van der Waals surface area contributed by atoms with Gasteiger partial charge < -0.3 is 4.43 Å². The SMILES string of the molecule is COP(=O)(OC)OCC(=O)O[Si](C)(C)C. The molecule has 0 aliphatic heterocycles. The minimum Gasteiger partial charge on any atom is -0.518 e. The van der Waals surface area contributed by atoms with Crippen molar-refractivity contribution in [1.82, 2.24) is 0 Å². The average molecular weight is 256 g/mol. The van der Waals surface area contributed by atoms with Crippen molar-refractivity contribution in [2.24, 2.45) is 0 Å². The molecule has 0 bridgehead atoms. The topological polar surface area (TPSA) is 71.1 Å². The smallest absolute Gasteiger partial charge is 0.474 e. The molecule has 0 unspecified atom stereocenters.